The van der Waals surface area contributed by atoms with Crippen LogP contribution in [0.25, 0.3) is 0 Å². The van der Waals surface area contributed by atoms with Crippen LogP contribution in [0.5, 0.6) is 0 Å². The van der Waals surface area contributed by atoms with Crippen LogP contribution < -0.4 is 5.32 Å². The van der Waals surface area contributed by atoms with Crippen LogP contribution in [0.15, 0.2) is 67.1 Å². The Balaban J connectivity index is 1.60. The molecule has 0 bridgehead atoms. The molecule has 1 aromatic carbocycles. The smallest absolute Gasteiger partial charge is 0.253 e. The fourth-order valence-corrected chi connectivity index (χ4v) is 2.82. The van der Waals surface area contributed by atoms with Gasteiger partial charge in [0.2, 0.25) is 0 Å². The summed E-state index contributed by atoms with van der Waals surface area (Å²) in [5, 5.41) is 3.31. The summed E-state index contributed by atoms with van der Waals surface area (Å²) in [5.41, 5.74) is 4.24. The summed E-state index contributed by atoms with van der Waals surface area (Å²) < 4.78 is 0. The van der Waals surface area contributed by atoms with Crippen LogP contribution in [-0.2, 0) is 13.0 Å². The van der Waals surface area contributed by atoms with Crippen molar-refractivity contribution >= 4 is 11.7 Å². The second kappa shape index (κ2) is 8.94. The van der Waals surface area contributed by atoms with Gasteiger partial charge in [0.05, 0.1) is 0 Å². The van der Waals surface area contributed by atoms with Gasteiger partial charge in [-0.15, -0.1) is 0 Å². The molecule has 2 aromatic heterocycles. The molecule has 0 radical (unpaired) electrons. The van der Waals surface area contributed by atoms with Gasteiger partial charge >= 0.3 is 0 Å². The standard InChI is InChI=1S/C22H24N4O/c1-17-5-3-4-6-20(17)16-25-21-15-19(9-13-24-21)22(27)26(2)14-10-18-7-11-23-12-8-18/h3-9,11-13,15H,10,14,16H2,1-2H3,(H,24,25). The van der Waals surface area contributed by atoms with E-state index in [1.807, 2.05) is 37.4 Å². The molecule has 2 heterocycles. The molecule has 5 heteroatoms. The molecule has 0 spiro atoms. The number of amides is 1. The summed E-state index contributed by atoms with van der Waals surface area (Å²) in [6.45, 7) is 3.41. The summed E-state index contributed by atoms with van der Waals surface area (Å²) in [6.07, 6.45) is 6.01. The first-order valence-corrected chi connectivity index (χ1v) is 9.02. The lowest BCUT2D eigenvalue weighted by atomic mass is 10.1. The number of nitrogens with one attached hydrogen (secondary N) is 1. The number of carbonyl (C=O) groups excluding carboxylic acids is 1. The minimum absolute atomic E-state index is 0.00889. The summed E-state index contributed by atoms with van der Waals surface area (Å²) in [6, 6.07) is 15.7. The van der Waals surface area contributed by atoms with Crippen LogP contribution in [0.4, 0.5) is 5.82 Å². The van der Waals surface area contributed by atoms with Crippen LogP contribution >= 0.6 is 0 Å². The Morgan fingerprint density at radius 3 is 2.63 bits per heavy atom. The number of aryl methyl sites for hydroxylation is 1. The molecule has 0 saturated carbocycles. The van der Waals surface area contributed by atoms with E-state index in [1.165, 1.54) is 16.7 Å². The molecular weight excluding hydrogens is 336 g/mol. The zero-order valence-electron chi connectivity index (χ0n) is 15.7. The Bertz CT molecular complexity index is 896. The van der Waals surface area contributed by atoms with Gasteiger partial charge < -0.3 is 10.2 Å². The number of hydrogen-bond donors (Lipinski definition) is 1. The van der Waals surface area contributed by atoms with Crippen molar-refractivity contribution in [2.75, 3.05) is 18.9 Å². The number of hydrogen-bond acceptors (Lipinski definition) is 4. The molecule has 0 unspecified atom stereocenters. The fourth-order valence-electron chi connectivity index (χ4n) is 2.82. The van der Waals surface area contributed by atoms with Crippen LogP contribution in [0.2, 0.25) is 0 Å². The lowest BCUT2D eigenvalue weighted by Gasteiger charge is -2.17. The van der Waals surface area contributed by atoms with Gasteiger partial charge in [0.25, 0.3) is 5.91 Å². The van der Waals surface area contributed by atoms with Crippen LogP contribution in [0, 0.1) is 6.92 Å². The van der Waals surface area contributed by atoms with E-state index in [0.717, 1.165) is 6.42 Å². The first-order chi connectivity index (χ1) is 13.1. The number of rotatable bonds is 7. The predicted molar refractivity (Wildman–Crippen MR) is 108 cm³/mol. The molecule has 0 atom stereocenters. The monoisotopic (exact) mass is 360 g/mol. The average molecular weight is 360 g/mol. The molecule has 5 nitrogen and oxygen atoms in total. The first kappa shape index (κ1) is 18.6. The van der Waals surface area contributed by atoms with Crippen LogP contribution in [0.3, 0.4) is 0 Å². The van der Waals surface area contributed by atoms with Gasteiger partial charge in [-0.3, -0.25) is 9.78 Å². The molecule has 0 saturated heterocycles. The van der Waals surface area contributed by atoms with Gasteiger partial charge in [-0.25, -0.2) is 4.98 Å². The van der Waals surface area contributed by atoms with E-state index in [2.05, 4.69) is 34.3 Å². The third-order valence-electron chi connectivity index (χ3n) is 4.56. The molecule has 3 aromatic rings. The maximum Gasteiger partial charge on any atom is 0.253 e. The summed E-state index contributed by atoms with van der Waals surface area (Å²) in [4.78, 5) is 22.8. The summed E-state index contributed by atoms with van der Waals surface area (Å²) >= 11 is 0. The van der Waals surface area contributed by atoms with E-state index in [-0.39, 0.29) is 5.91 Å². The fraction of sp³-hybridized carbons (Fsp3) is 0.227. The van der Waals surface area contributed by atoms with E-state index in [0.29, 0.717) is 24.5 Å². The molecule has 0 fully saturated rings. The zero-order valence-corrected chi connectivity index (χ0v) is 15.7. The molecule has 0 aliphatic carbocycles. The molecular formula is C22H24N4O. The van der Waals surface area contributed by atoms with Crippen molar-refractivity contribution < 1.29 is 4.79 Å². The third kappa shape index (κ3) is 5.14. The number of likely N-dealkylation sites (N-methyl/N-ethyl adjacent to an activating group) is 1. The predicted octanol–water partition coefficient (Wildman–Crippen LogP) is 3.71. The number of nitrogens with zero attached hydrogens (tertiary/aromatic N) is 3. The Morgan fingerprint density at radius 1 is 1.07 bits per heavy atom. The van der Waals surface area contributed by atoms with E-state index in [9.17, 15) is 4.79 Å². The molecule has 1 N–H and O–H groups in total. The van der Waals surface area contributed by atoms with Gasteiger partial charge in [-0.2, -0.15) is 0 Å². The second-order valence-electron chi connectivity index (χ2n) is 6.54. The Labute approximate surface area is 160 Å². The zero-order chi connectivity index (χ0) is 19.1. The number of benzene rings is 1. The van der Waals surface area contributed by atoms with Crippen molar-refractivity contribution in [2.45, 2.75) is 19.9 Å². The average Bonchev–Trinajstić information content (AvgIpc) is 2.72. The van der Waals surface area contributed by atoms with Gasteiger partial charge in [0.1, 0.15) is 5.82 Å². The van der Waals surface area contributed by atoms with Crippen molar-refractivity contribution in [2.24, 2.45) is 0 Å². The van der Waals surface area contributed by atoms with Crippen molar-refractivity contribution in [3.63, 3.8) is 0 Å². The van der Waals surface area contributed by atoms with Crippen LogP contribution in [-0.4, -0.2) is 34.4 Å². The van der Waals surface area contributed by atoms with Crippen LogP contribution in [0.1, 0.15) is 27.0 Å². The normalized spacial score (nSPS) is 10.4. The van der Waals surface area contributed by atoms with Crippen molar-refractivity contribution in [3.8, 4) is 0 Å². The van der Waals surface area contributed by atoms with E-state index in [1.54, 1.807) is 29.6 Å². The van der Waals surface area contributed by atoms with Gasteiger partial charge in [-0.1, -0.05) is 24.3 Å². The number of anilines is 1. The highest BCUT2D eigenvalue weighted by molar-refractivity contribution is 5.94. The van der Waals surface area contributed by atoms with Gasteiger partial charge in [-0.05, 0) is 54.3 Å². The van der Waals surface area contributed by atoms with E-state index >= 15 is 0 Å². The lowest BCUT2D eigenvalue weighted by Crippen LogP contribution is -2.29. The van der Waals surface area contributed by atoms with E-state index < -0.39 is 0 Å². The molecule has 27 heavy (non-hydrogen) atoms. The maximum atomic E-state index is 12.7. The number of pyridine rings is 2. The summed E-state index contributed by atoms with van der Waals surface area (Å²) in [5.74, 6) is 0.692. The second-order valence-corrected chi connectivity index (χ2v) is 6.54. The topological polar surface area (TPSA) is 58.1 Å². The Hall–Kier alpha value is -3.21. The van der Waals surface area contributed by atoms with Crippen molar-refractivity contribution in [1.82, 2.24) is 14.9 Å². The van der Waals surface area contributed by atoms with Gasteiger partial charge in [0, 0.05) is 44.3 Å². The highest BCUT2D eigenvalue weighted by atomic mass is 16.2. The minimum Gasteiger partial charge on any atom is -0.366 e. The third-order valence-corrected chi connectivity index (χ3v) is 4.56. The Morgan fingerprint density at radius 2 is 1.85 bits per heavy atom. The number of aromatic nitrogens is 2. The molecule has 3 rings (SSSR count). The summed E-state index contributed by atoms with van der Waals surface area (Å²) in [7, 11) is 1.82. The van der Waals surface area contributed by atoms with Gasteiger partial charge in [0.15, 0.2) is 0 Å². The largest absolute Gasteiger partial charge is 0.366 e. The van der Waals surface area contributed by atoms with E-state index in [4.69, 9.17) is 0 Å². The highest BCUT2D eigenvalue weighted by Gasteiger charge is 2.12. The minimum atomic E-state index is -0.00889. The SMILES string of the molecule is Cc1ccccc1CNc1cc(C(=O)N(C)CCc2ccncc2)ccn1. The Kier molecular flexibility index (Phi) is 6.15. The van der Waals surface area contributed by atoms with Crippen molar-refractivity contribution in [1.29, 1.82) is 0 Å². The molecule has 1 amide bonds. The lowest BCUT2D eigenvalue weighted by molar-refractivity contribution is 0.0796. The van der Waals surface area contributed by atoms with Crippen molar-refractivity contribution in [3.05, 3.63) is 89.4 Å². The molecule has 0 aliphatic heterocycles. The molecule has 138 valence electrons. The first-order valence-electron chi connectivity index (χ1n) is 9.02. The highest BCUT2D eigenvalue weighted by Crippen LogP contribution is 2.13. The molecule has 0 aliphatic rings. The maximum absolute atomic E-state index is 12.7. The number of carbonyl (C=O) groups is 1. The quantitative estimate of drug-likeness (QED) is 0.698.